The minimum absolute atomic E-state index is 0.0389. The molecule has 218 valence electrons. The van der Waals surface area contributed by atoms with Gasteiger partial charge in [0.1, 0.15) is 29.5 Å². The van der Waals surface area contributed by atoms with Gasteiger partial charge in [-0.25, -0.2) is 4.99 Å². The first kappa shape index (κ1) is 29.0. The Morgan fingerprint density at radius 3 is 2.59 bits per heavy atom. The van der Waals surface area contributed by atoms with Crippen molar-refractivity contribution in [3.8, 4) is 0 Å². The number of nitrogens with zero attached hydrogens (tertiary/aromatic N) is 4. The van der Waals surface area contributed by atoms with Crippen LogP contribution in [0, 0.1) is 5.92 Å². The molecular formula is C30H33ClF3N5O2. The molecule has 2 aromatic carbocycles. The summed E-state index contributed by atoms with van der Waals surface area (Å²) < 4.78 is 44.9. The summed E-state index contributed by atoms with van der Waals surface area (Å²) >= 11 is 6.73. The van der Waals surface area contributed by atoms with Crippen molar-refractivity contribution < 1.29 is 22.7 Å². The number of ether oxygens (including phenoxy) is 1. The molecule has 2 unspecified atom stereocenters. The van der Waals surface area contributed by atoms with Crippen molar-refractivity contribution in [1.82, 2.24) is 14.7 Å². The highest BCUT2D eigenvalue weighted by atomic mass is 35.5. The van der Waals surface area contributed by atoms with E-state index in [0.717, 1.165) is 35.7 Å². The molecule has 1 fully saturated rings. The summed E-state index contributed by atoms with van der Waals surface area (Å²) in [5, 5.41) is 0.441. The van der Waals surface area contributed by atoms with Gasteiger partial charge in [-0.15, -0.1) is 0 Å². The summed E-state index contributed by atoms with van der Waals surface area (Å²) in [4.78, 5) is 22.9. The van der Waals surface area contributed by atoms with Crippen LogP contribution in [0.4, 0.5) is 13.2 Å². The number of methoxy groups -OCH3 is 1. The highest BCUT2D eigenvalue weighted by Gasteiger charge is 2.46. The van der Waals surface area contributed by atoms with Crippen LogP contribution in [0.5, 0.6) is 0 Å². The van der Waals surface area contributed by atoms with Gasteiger partial charge in [-0.3, -0.25) is 4.79 Å². The van der Waals surface area contributed by atoms with Crippen molar-refractivity contribution in [3.05, 3.63) is 87.8 Å². The number of rotatable bonds is 6. The molecule has 41 heavy (non-hydrogen) atoms. The van der Waals surface area contributed by atoms with E-state index < -0.39 is 11.7 Å². The zero-order valence-electron chi connectivity index (χ0n) is 23.2. The van der Waals surface area contributed by atoms with Gasteiger partial charge in [0.2, 0.25) is 5.91 Å². The number of fused-ring (bicyclic) bond motifs is 1. The SMILES string of the molecule is COCC(=O)N1CCCC(C2N(C)C(c3ccc([C@H](C)c4cccc(C(F)(F)F)c4)cc3)=C3C(N)=NC=C(Cl)N32)C1. The number of likely N-dealkylation sites (tertiary alicyclic amines) is 1. The van der Waals surface area contributed by atoms with E-state index in [1.807, 2.05) is 48.0 Å². The molecule has 1 amide bonds. The first-order chi connectivity index (χ1) is 19.5. The quantitative estimate of drug-likeness (QED) is 0.459. The predicted molar refractivity (Wildman–Crippen MR) is 152 cm³/mol. The van der Waals surface area contributed by atoms with E-state index in [4.69, 9.17) is 22.1 Å². The van der Waals surface area contributed by atoms with Crippen LogP contribution in [0.1, 0.15) is 47.9 Å². The number of nitrogens with two attached hydrogens (primary N) is 1. The number of halogens is 4. The lowest BCUT2D eigenvalue weighted by Gasteiger charge is -2.42. The average Bonchev–Trinajstić information content (AvgIpc) is 3.28. The van der Waals surface area contributed by atoms with E-state index in [2.05, 4.69) is 9.89 Å². The number of alkyl halides is 3. The van der Waals surface area contributed by atoms with Crippen molar-refractivity contribution in [3.63, 3.8) is 0 Å². The molecule has 3 aliphatic heterocycles. The average molecular weight is 588 g/mol. The number of carbonyl (C=O) groups excluding carboxylic acids is 1. The Kier molecular flexibility index (Phi) is 8.07. The van der Waals surface area contributed by atoms with Gasteiger partial charge < -0.3 is 25.2 Å². The Balaban J connectivity index is 1.45. The molecule has 11 heteroatoms. The van der Waals surface area contributed by atoms with Gasteiger partial charge in [-0.05, 0) is 30.0 Å². The van der Waals surface area contributed by atoms with Crippen molar-refractivity contribution in [1.29, 1.82) is 0 Å². The molecule has 3 atom stereocenters. The molecule has 0 saturated carbocycles. The molecule has 3 aliphatic rings. The lowest BCUT2D eigenvalue weighted by atomic mass is 9.91. The summed E-state index contributed by atoms with van der Waals surface area (Å²) in [7, 11) is 3.50. The van der Waals surface area contributed by atoms with Crippen LogP contribution < -0.4 is 5.73 Å². The zero-order chi connectivity index (χ0) is 29.5. The number of amidine groups is 1. The Labute approximate surface area is 242 Å². The largest absolute Gasteiger partial charge is 0.416 e. The van der Waals surface area contributed by atoms with Gasteiger partial charge in [-0.2, -0.15) is 13.2 Å². The molecule has 2 aromatic rings. The molecule has 2 N–H and O–H groups in total. The van der Waals surface area contributed by atoms with Gasteiger partial charge in [0.25, 0.3) is 0 Å². The first-order valence-corrected chi connectivity index (χ1v) is 13.9. The standard InChI is InChI=1S/C30H33ClF3N5O2/c1-18(21-6-4-8-23(14-21)30(32,33)34)19-9-11-20(12-10-19)26-27-28(35)36-15-24(31)39(27)29(37(26)2)22-7-5-13-38(16-22)25(40)17-41-3/h4,6,8-12,14-15,18,22,29H,5,7,13,16-17H2,1-3H3,(H2,35,36)/t18-,22?,29?/m0/s1. The smallest absolute Gasteiger partial charge is 0.382 e. The Bertz CT molecular complexity index is 1410. The molecule has 0 bridgehead atoms. The van der Waals surface area contributed by atoms with Gasteiger partial charge in [0, 0.05) is 44.6 Å². The number of amides is 1. The predicted octanol–water partition coefficient (Wildman–Crippen LogP) is 5.39. The maximum Gasteiger partial charge on any atom is 0.416 e. The molecular weight excluding hydrogens is 555 g/mol. The molecule has 0 aromatic heterocycles. The van der Waals surface area contributed by atoms with Crippen LogP contribution in [-0.2, 0) is 15.7 Å². The Morgan fingerprint density at radius 1 is 1.17 bits per heavy atom. The summed E-state index contributed by atoms with van der Waals surface area (Å²) in [6.45, 7) is 3.17. The fraction of sp³-hybridized carbons (Fsp3) is 0.400. The summed E-state index contributed by atoms with van der Waals surface area (Å²) in [5.74, 6) is 0.128. The Hall–Kier alpha value is -3.50. The fourth-order valence-electron chi connectivity index (χ4n) is 6.11. The number of benzene rings is 2. The van der Waals surface area contributed by atoms with Gasteiger partial charge in [0.15, 0.2) is 0 Å². The number of hydrogen-bond acceptors (Lipinski definition) is 6. The third-order valence-electron chi connectivity index (χ3n) is 8.16. The lowest BCUT2D eigenvalue weighted by Crippen LogP contribution is -2.52. The van der Waals surface area contributed by atoms with Gasteiger partial charge in [-0.1, -0.05) is 61.0 Å². The van der Waals surface area contributed by atoms with Gasteiger partial charge >= 0.3 is 6.18 Å². The number of hydrogen-bond donors (Lipinski definition) is 1. The third-order valence-corrected chi connectivity index (χ3v) is 8.44. The van der Waals surface area contributed by atoms with E-state index >= 15 is 0 Å². The van der Waals surface area contributed by atoms with Crippen molar-refractivity contribution in [2.45, 2.75) is 38.0 Å². The van der Waals surface area contributed by atoms with Crippen molar-refractivity contribution >= 4 is 29.0 Å². The summed E-state index contributed by atoms with van der Waals surface area (Å²) in [6, 6.07) is 13.2. The fourth-order valence-corrected chi connectivity index (χ4v) is 6.34. The lowest BCUT2D eigenvalue weighted by molar-refractivity contribution is -0.138. The topological polar surface area (TPSA) is 74.4 Å². The van der Waals surface area contributed by atoms with E-state index in [1.165, 1.54) is 19.2 Å². The van der Waals surface area contributed by atoms with Crippen LogP contribution in [0.2, 0.25) is 0 Å². The monoisotopic (exact) mass is 587 g/mol. The number of aliphatic imine (C=N–C) groups is 1. The minimum atomic E-state index is -4.40. The molecule has 0 spiro atoms. The van der Waals surface area contributed by atoms with E-state index in [1.54, 1.807) is 12.3 Å². The number of piperidine rings is 1. The molecule has 0 aliphatic carbocycles. The second-order valence-electron chi connectivity index (χ2n) is 10.7. The van der Waals surface area contributed by atoms with Crippen LogP contribution in [0.3, 0.4) is 0 Å². The maximum absolute atomic E-state index is 13.3. The highest BCUT2D eigenvalue weighted by Crippen LogP contribution is 2.44. The van der Waals surface area contributed by atoms with E-state index in [0.29, 0.717) is 35.3 Å². The second kappa shape index (κ2) is 11.4. The van der Waals surface area contributed by atoms with Crippen LogP contribution in [0.15, 0.2) is 70.6 Å². The van der Waals surface area contributed by atoms with E-state index in [9.17, 15) is 18.0 Å². The normalized spacial score (nSPS) is 22.0. The van der Waals surface area contributed by atoms with Crippen LogP contribution in [0.25, 0.3) is 5.70 Å². The van der Waals surface area contributed by atoms with Crippen molar-refractivity contribution in [2.24, 2.45) is 16.6 Å². The Morgan fingerprint density at radius 2 is 1.90 bits per heavy atom. The second-order valence-corrected chi connectivity index (χ2v) is 11.1. The van der Waals surface area contributed by atoms with Crippen molar-refractivity contribution in [2.75, 3.05) is 33.9 Å². The molecule has 3 heterocycles. The molecule has 0 radical (unpaired) electrons. The maximum atomic E-state index is 13.3. The third kappa shape index (κ3) is 5.55. The van der Waals surface area contributed by atoms with Crippen LogP contribution >= 0.6 is 11.6 Å². The van der Waals surface area contributed by atoms with Crippen LogP contribution in [-0.4, -0.2) is 66.5 Å². The summed E-state index contributed by atoms with van der Waals surface area (Å²) in [5.41, 5.74) is 9.67. The van der Waals surface area contributed by atoms with E-state index in [-0.39, 0.29) is 30.5 Å². The first-order valence-electron chi connectivity index (χ1n) is 13.5. The molecule has 1 saturated heterocycles. The highest BCUT2D eigenvalue weighted by molar-refractivity contribution is 6.30. The molecule has 7 nitrogen and oxygen atoms in total. The summed E-state index contributed by atoms with van der Waals surface area (Å²) in [6.07, 6.45) is -1.29. The zero-order valence-corrected chi connectivity index (χ0v) is 23.9. The molecule has 5 rings (SSSR count). The minimum Gasteiger partial charge on any atom is -0.382 e. The number of carbonyl (C=O) groups is 1. The van der Waals surface area contributed by atoms with Gasteiger partial charge in [0.05, 0.1) is 17.5 Å².